The fraction of sp³-hybridized carbons (Fsp3) is 0.111. The molecule has 2 N–H and O–H groups in total. The van der Waals surface area contributed by atoms with Crippen LogP contribution < -0.4 is 5.32 Å². The molecule has 0 aromatic heterocycles. The number of phenols is 1. The van der Waals surface area contributed by atoms with Crippen LogP contribution in [0.25, 0.3) is 6.08 Å². The van der Waals surface area contributed by atoms with E-state index < -0.39 is 10.7 Å². The average Bonchev–Trinajstić information content (AvgIpc) is 2.85. The minimum absolute atomic E-state index is 0.309. The number of carbonyl (C=O) groups excluding carboxylic acids is 1. The molecule has 0 spiro atoms. The molecular formula is C18H15N3O4S. The van der Waals surface area contributed by atoms with Crippen LogP contribution in [0.15, 0.2) is 46.3 Å². The number of hydrogen-bond acceptors (Lipinski definition) is 6. The number of nitro benzene ring substituents is 1. The van der Waals surface area contributed by atoms with Gasteiger partial charge in [-0.05, 0) is 72.6 Å². The van der Waals surface area contributed by atoms with Gasteiger partial charge in [0.25, 0.3) is 5.91 Å². The molecule has 2 aromatic rings. The Morgan fingerprint density at radius 3 is 2.50 bits per heavy atom. The lowest BCUT2D eigenvalue weighted by Gasteiger charge is -2.00. The van der Waals surface area contributed by atoms with Crippen LogP contribution in [0.3, 0.4) is 0 Å². The van der Waals surface area contributed by atoms with Crippen LogP contribution in [0.1, 0.15) is 16.7 Å². The van der Waals surface area contributed by atoms with E-state index in [0.717, 1.165) is 16.8 Å². The fourth-order valence-corrected chi connectivity index (χ4v) is 3.39. The summed E-state index contributed by atoms with van der Waals surface area (Å²) in [7, 11) is 0. The van der Waals surface area contributed by atoms with Crippen molar-refractivity contribution in [3.8, 4) is 5.75 Å². The van der Waals surface area contributed by atoms with Gasteiger partial charge in [0.05, 0.1) is 15.5 Å². The normalized spacial score (nSPS) is 16.9. The number of hydrogen-bond donors (Lipinski definition) is 2. The van der Waals surface area contributed by atoms with Crippen LogP contribution in [0, 0.1) is 24.0 Å². The Bertz CT molecular complexity index is 962. The van der Waals surface area contributed by atoms with Gasteiger partial charge in [-0.25, -0.2) is 4.99 Å². The average molecular weight is 369 g/mol. The fourth-order valence-electron chi connectivity index (χ4n) is 2.55. The molecule has 0 radical (unpaired) electrons. The third kappa shape index (κ3) is 3.92. The van der Waals surface area contributed by atoms with Crippen molar-refractivity contribution < 1.29 is 14.8 Å². The lowest BCUT2D eigenvalue weighted by atomic mass is 10.1. The maximum absolute atomic E-state index is 12.1. The molecule has 1 heterocycles. The van der Waals surface area contributed by atoms with E-state index in [1.54, 1.807) is 6.08 Å². The number of thioether (sulfide) groups is 1. The second-order valence-electron chi connectivity index (χ2n) is 5.83. The van der Waals surface area contributed by atoms with Gasteiger partial charge in [0, 0.05) is 6.07 Å². The molecule has 1 amide bonds. The molecule has 0 atom stereocenters. The van der Waals surface area contributed by atoms with Gasteiger partial charge in [0.1, 0.15) is 0 Å². The largest absolute Gasteiger partial charge is 0.502 e. The molecule has 1 aliphatic rings. The first-order valence-electron chi connectivity index (χ1n) is 7.67. The highest BCUT2D eigenvalue weighted by Crippen LogP contribution is 2.31. The number of nitro groups is 1. The third-order valence-corrected chi connectivity index (χ3v) is 4.49. The van der Waals surface area contributed by atoms with E-state index in [4.69, 9.17) is 0 Å². The Hall–Kier alpha value is -3.13. The quantitative estimate of drug-likeness (QED) is 0.486. The minimum Gasteiger partial charge on any atom is -0.502 e. The van der Waals surface area contributed by atoms with E-state index in [0.29, 0.717) is 15.6 Å². The van der Waals surface area contributed by atoms with E-state index in [1.165, 1.54) is 30.0 Å². The topological polar surface area (TPSA) is 105 Å². The summed E-state index contributed by atoms with van der Waals surface area (Å²) in [6.07, 6.45) is 1.55. The molecule has 0 aliphatic carbocycles. The van der Waals surface area contributed by atoms with Gasteiger partial charge in [-0.2, -0.15) is 0 Å². The number of aliphatic imine (C=N–C) groups is 1. The molecular weight excluding hydrogens is 354 g/mol. The Balaban J connectivity index is 1.85. The maximum Gasteiger partial charge on any atom is 0.310 e. The van der Waals surface area contributed by atoms with E-state index in [1.807, 2.05) is 32.0 Å². The number of phenolic OH excluding ortho intramolecular Hbond substituents is 1. The summed E-state index contributed by atoms with van der Waals surface area (Å²) in [5, 5.41) is 23.6. The number of amidine groups is 1. The van der Waals surface area contributed by atoms with Crippen molar-refractivity contribution in [3.63, 3.8) is 0 Å². The summed E-state index contributed by atoms with van der Waals surface area (Å²) in [6, 6.07) is 9.79. The van der Waals surface area contributed by atoms with E-state index in [-0.39, 0.29) is 11.6 Å². The first-order valence-corrected chi connectivity index (χ1v) is 8.49. The maximum atomic E-state index is 12.1. The first kappa shape index (κ1) is 17.7. The van der Waals surface area contributed by atoms with Crippen LogP contribution in [-0.4, -0.2) is 21.1 Å². The number of amides is 1. The monoisotopic (exact) mass is 369 g/mol. The van der Waals surface area contributed by atoms with Gasteiger partial charge in [-0.1, -0.05) is 6.07 Å². The molecule has 0 saturated carbocycles. The molecule has 0 bridgehead atoms. The van der Waals surface area contributed by atoms with Crippen molar-refractivity contribution in [2.24, 2.45) is 4.99 Å². The second-order valence-corrected chi connectivity index (χ2v) is 6.86. The van der Waals surface area contributed by atoms with Crippen LogP contribution >= 0.6 is 11.8 Å². The number of carbonyl (C=O) groups is 1. The summed E-state index contributed by atoms with van der Waals surface area (Å²) in [5.41, 5.74) is 3.01. The van der Waals surface area contributed by atoms with E-state index >= 15 is 0 Å². The second kappa shape index (κ2) is 7.01. The predicted molar refractivity (Wildman–Crippen MR) is 101 cm³/mol. The molecule has 3 rings (SSSR count). The van der Waals surface area contributed by atoms with Gasteiger partial charge in [0.2, 0.25) is 0 Å². The van der Waals surface area contributed by atoms with Crippen molar-refractivity contribution in [2.75, 3.05) is 0 Å². The highest BCUT2D eigenvalue weighted by molar-refractivity contribution is 8.18. The first-order chi connectivity index (χ1) is 12.3. The zero-order valence-corrected chi connectivity index (χ0v) is 14.8. The number of benzene rings is 2. The Morgan fingerprint density at radius 1 is 1.19 bits per heavy atom. The summed E-state index contributed by atoms with van der Waals surface area (Å²) in [4.78, 5) is 27.0. The third-order valence-electron chi connectivity index (χ3n) is 3.58. The van der Waals surface area contributed by atoms with Crippen molar-refractivity contribution in [1.82, 2.24) is 5.32 Å². The molecule has 26 heavy (non-hydrogen) atoms. The molecule has 8 heteroatoms. The van der Waals surface area contributed by atoms with Gasteiger partial charge in [-0.15, -0.1) is 0 Å². The molecule has 0 unspecified atom stereocenters. The highest BCUT2D eigenvalue weighted by atomic mass is 32.2. The number of aryl methyl sites for hydroxylation is 2. The lowest BCUT2D eigenvalue weighted by Crippen LogP contribution is -2.19. The molecule has 2 aromatic carbocycles. The Kier molecular flexibility index (Phi) is 4.77. The van der Waals surface area contributed by atoms with Crippen molar-refractivity contribution >= 4 is 40.3 Å². The molecule has 1 fully saturated rings. The lowest BCUT2D eigenvalue weighted by molar-refractivity contribution is -0.385. The summed E-state index contributed by atoms with van der Waals surface area (Å²) >= 11 is 1.17. The van der Waals surface area contributed by atoms with Crippen LogP contribution in [0.4, 0.5) is 11.4 Å². The molecule has 132 valence electrons. The van der Waals surface area contributed by atoms with Crippen LogP contribution in [0.2, 0.25) is 0 Å². The van der Waals surface area contributed by atoms with Crippen molar-refractivity contribution in [3.05, 3.63) is 68.1 Å². The Labute approximate surface area is 153 Å². The van der Waals surface area contributed by atoms with E-state index in [9.17, 15) is 20.0 Å². The summed E-state index contributed by atoms with van der Waals surface area (Å²) in [5.74, 6) is -0.757. The SMILES string of the molecule is Cc1cc(C)cc(N=C2NC(=O)C(=Cc3ccc([N+](=O)[O-])c(O)c3)S2)c1. The zero-order chi connectivity index (χ0) is 18.8. The highest BCUT2D eigenvalue weighted by Gasteiger charge is 2.24. The summed E-state index contributed by atoms with van der Waals surface area (Å²) < 4.78 is 0. The summed E-state index contributed by atoms with van der Waals surface area (Å²) in [6.45, 7) is 3.95. The van der Waals surface area contributed by atoms with Gasteiger partial charge in [0.15, 0.2) is 10.9 Å². The molecule has 1 saturated heterocycles. The van der Waals surface area contributed by atoms with Crippen LogP contribution in [-0.2, 0) is 4.79 Å². The zero-order valence-electron chi connectivity index (χ0n) is 14.0. The molecule has 7 nitrogen and oxygen atoms in total. The standard InChI is InChI=1S/C18H15N3O4S/c1-10-5-11(2)7-13(6-10)19-18-20-17(23)16(26-18)9-12-3-4-14(21(24)25)15(22)8-12/h3-9,22H,1-2H3,(H,19,20,23). The number of nitrogens with one attached hydrogen (secondary N) is 1. The smallest absolute Gasteiger partial charge is 0.310 e. The molecule has 1 aliphatic heterocycles. The Morgan fingerprint density at radius 2 is 1.88 bits per heavy atom. The van der Waals surface area contributed by atoms with Crippen molar-refractivity contribution in [2.45, 2.75) is 13.8 Å². The predicted octanol–water partition coefficient (Wildman–Crippen LogP) is 3.81. The number of aromatic hydroxyl groups is 1. The van der Waals surface area contributed by atoms with Gasteiger partial charge < -0.3 is 10.4 Å². The number of nitrogens with zero attached hydrogens (tertiary/aromatic N) is 2. The van der Waals surface area contributed by atoms with Gasteiger partial charge in [-0.3, -0.25) is 14.9 Å². The van der Waals surface area contributed by atoms with Crippen molar-refractivity contribution in [1.29, 1.82) is 0 Å². The van der Waals surface area contributed by atoms with Gasteiger partial charge >= 0.3 is 5.69 Å². The van der Waals surface area contributed by atoms with E-state index in [2.05, 4.69) is 10.3 Å². The number of rotatable bonds is 3. The minimum atomic E-state index is -0.669. The van der Waals surface area contributed by atoms with Crippen LogP contribution in [0.5, 0.6) is 5.75 Å².